The van der Waals surface area contributed by atoms with Crippen LogP contribution in [0.2, 0.25) is 0 Å². The van der Waals surface area contributed by atoms with Crippen LogP contribution in [0.5, 0.6) is 0 Å². The first kappa shape index (κ1) is 17.2. The lowest BCUT2D eigenvalue weighted by Crippen LogP contribution is -2.45. The van der Waals surface area contributed by atoms with E-state index in [4.69, 9.17) is 4.74 Å². The molecular weight excluding hydrogens is 370 g/mol. The van der Waals surface area contributed by atoms with Crippen molar-refractivity contribution in [3.8, 4) is 0 Å². The molecule has 1 saturated heterocycles. The molecule has 0 spiro atoms. The summed E-state index contributed by atoms with van der Waals surface area (Å²) < 4.78 is 8.85. The van der Waals surface area contributed by atoms with Crippen LogP contribution in [0.25, 0.3) is 5.65 Å². The van der Waals surface area contributed by atoms with Gasteiger partial charge in [0.1, 0.15) is 5.65 Å². The van der Waals surface area contributed by atoms with Gasteiger partial charge in [0.25, 0.3) is 0 Å². The fourth-order valence-corrected chi connectivity index (χ4v) is 3.19. The molecule has 0 aromatic carbocycles. The van der Waals surface area contributed by atoms with Gasteiger partial charge in [0.2, 0.25) is 0 Å². The molecule has 0 amide bonds. The summed E-state index contributed by atoms with van der Waals surface area (Å²) in [6, 6.07) is 3.97. The molecule has 0 bridgehead atoms. The van der Waals surface area contributed by atoms with Crippen LogP contribution in [0.3, 0.4) is 0 Å². The van der Waals surface area contributed by atoms with E-state index in [1.54, 1.807) is 0 Å². The van der Waals surface area contributed by atoms with E-state index in [9.17, 15) is 0 Å². The van der Waals surface area contributed by atoms with Crippen molar-refractivity contribution in [1.82, 2.24) is 20.0 Å². The number of pyridine rings is 1. The number of hydrogen-bond acceptors (Lipinski definition) is 3. The van der Waals surface area contributed by atoms with Crippen molar-refractivity contribution in [2.75, 3.05) is 19.7 Å². The molecule has 2 N–H and O–H groups in total. The van der Waals surface area contributed by atoms with E-state index in [0.717, 1.165) is 54.3 Å². The van der Waals surface area contributed by atoms with Crippen molar-refractivity contribution >= 4 is 27.5 Å². The second-order valence-electron chi connectivity index (χ2n) is 6.30. The summed E-state index contributed by atoms with van der Waals surface area (Å²) in [5.41, 5.74) is 1.77. The number of aliphatic imine (C=N–C) groups is 1. The normalized spacial score (nSPS) is 21.4. The lowest BCUT2D eigenvalue weighted by molar-refractivity contribution is 0.0243. The van der Waals surface area contributed by atoms with Gasteiger partial charge in [0, 0.05) is 36.6 Å². The van der Waals surface area contributed by atoms with E-state index < -0.39 is 0 Å². The summed E-state index contributed by atoms with van der Waals surface area (Å²) in [7, 11) is 0. The molecule has 0 aliphatic carbocycles. The number of rotatable bonds is 5. The van der Waals surface area contributed by atoms with Crippen LogP contribution in [0.1, 0.15) is 32.4 Å². The molecule has 3 rings (SSSR count). The minimum absolute atomic E-state index is 0.0917. The predicted molar refractivity (Wildman–Crippen MR) is 99.3 cm³/mol. The molecule has 7 heteroatoms. The molecule has 0 saturated carbocycles. The highest BCUT2D eigenvalue weighted by molar-refractivity contribution is 9.10. The monoisotopic (exact) mass is 393 g/mol. The quantitative estimate of drug-likeness (QED) is 0.605. The molecule has 24 heavy (non-hydrogen) atoms. The van der Waals surface area contributed by atoms with Crippen LogP contribution in [-0.2, 0) is 11.3 Å². The molecule has 1 fully saturated rings. The summed E-state index contributed by atoms with van der Waals surface area (Å²) in [5.74, 6) is 0.799. The molecular formula is C17H24BrN5O. The Labute approximate surface area is 150 Å². The van der Waals surface area contributed by atoms with Gasteiger partial charge in [-0.15, -0.1) is 0 Å². The number of guanidine groups is 1. The molecule has 130 valence electrons. The lowest BCUT2D eigenvalue weighted by Gasteiger charge is -2.24. The fourth-order valence-electron chi connectivity index (χ4n) is 2.84. The van der Waals surface area contributed by atoms with Crippen LogP contribution in [0.15, 0.2) is 34.0 Å². The van der Waals surface area contributed by atoms with Crippen molar-refractivity contribution in [2.45, 2.75) is 38.8 Å². The van der Waals surface area contributed by atoms with Crippen LogP contribution < -0.4 is 10.6 Å². The molecule has 1 unspecified atom stereocenters. The Bertz CT molecular complexity index is 721. The maximum absolute atomic E-state index is 5.82. The first-order valence-corrected chi connectivity index (χ1v) is 9.16. The molecule has 1 atom stereocenters. The molecule has 1 aliphatic rings. The number of aromatic nitrogens is 2. The minimum Gasteiger partial charge on any atom is -0.373 e. The summed E-state index contributed by atoms with van der Waals surface area (Å²) in [6.45, 7) is 7.18. The first-order valence-electron chi connectivity index (χ1n) is 8.37. The number of fused-ring (bicyclic) bond motifs is 1. The van der Waals surface area contributed by atoms with Crippen molar-refractivity contribution in [2.24, 2.45) is 4.99 Å². The van der Waals surface area contributed by atoms with Crippen molar-refractivity contribution in [3.63, 3.8) is 0 Å². The SMILES string of the molecule is CCNC(=NCc1cn2cc(Br)ccc2n1)NCC1(C)CCCO1. The van der Waals surface area contributed by atoms with Crippen molar-refractivity contribution in [1.29, 1.82) is 0 Å². The van der Waals surface area contributed by atoms with Gasteiger partial charge in [-0.25, -0.2) is 9.98 Å². The molecule has 0 radical (unpaired) electrons. The Hall–Kier alpha value is -1.60. The first-order chi connectivity index (χ1) is 11.6. The van der Waals surface area contributed by atoms with Gasteiger partial charge in [0.15, 0.2) is 5.96 Å². The highest BCUT2D eigenvalue weighted by Crippen LogP contribution is 2.23. The minimum atomic E-state index is -0.0917. The van der Waals surface area contributed by atoms with E-state index >= 15 is 0 Å². The highest BCUT2D eigenvalue weighted by atomic mass is 79.9. The summed E-state index contributed by atoms with van der Waals surface area (Å²) in [6.07, 6.45) is 6.22. The fraction of sp³-hybridized carbons (Fsp3) is 0.529. The Balaban J connectivity index is 1.65. The van der Waals surface area contributed by atoms with Crippen LogP contribution in [0, 0.1) is 0 Å². The van der Waals surface area contributed by atoms with Gasteiger partial charge in [0.05, 0.1) is 17.8 Å². The Morgan fingerprint density at radius 1 is 1.42 bits per heavy atom. The molecule has 6 nitrogen and oxygen atoms in total. The molecule has 1 aliphatic heterocycles. The largest absolute Gasteiger partial charge is 0.373 e. The summed E-state index contributed by atoms with van der Waals surface area (Å²) in [4.78, 5) is 9.24. The van der Waals surface area contributed by atoms with Gasteiger partial charge < -0.3 is 19.8 Å². The average molecular weight is 394 g/mol. The number of nitrogens with zero attached hydrogens (tertiary/aromatic N) is 3. The molecule has 2 aromatic heterocycles. The standard InChI is InChI=1S/C17H24BrN5O/c1-3-19-16(21-12-17(2)7-4-8-24-17)20-9-14-11-23-10-13(18)5-6-15(23)22-14/h5-6,10-11H,3-4,7-9,12H2,1-2H3,(H2,19,20,21). The van der Waals surface area contributed by atoms with Crippen LogP contribution in [-0.4, -0.2) is 40.6 Å². The van der Waals surface area contributed by atoms with Gasteiger partial charge in [-0.05, 0) is 54.8 Å². The van der Waals surface area contributed by atoms with Crippen molar-refractivity contribution in [3.05, 3.63) is 34.7 Å². The third-order valence-electron chi connectivity index (χ3n) is 4.14. The third-order valence-corrected chi connectivity index (χ3v) is 4.61. The summed E-state index contributed by atoms with van der Waals surface area (Å²) in [5, 5.41) is 6.67. The zero-order valence-electron chi connectivity index (χ0n) is 14.2. The predicted octanol–water partition coefficient (Wildman–Crippen LogP) is 2.72. The van der Waals surface area contributed by atoms with E-state index in [1.807, 2.05) is 28.9 Å². The van der Waals surface area contributed by atoms with Crippen LogP contribution in [0.4, 0.5) is 0 Å². The molecule has 2 aromatic rings. The Morgan fingerprint density at radius 2 is 2.29 bits per heavy atom. The zero-order chi connectivity index (χ0) is 17.0. The van der Waals surface area contributed by atoms with Gasteiger partial charge in [-0.3, -0.25) is 0 Å². The lowest BCUT2D eigenvalue weighted by atomic mass is 10.0. The number of ether oxygens (including phenoxy) is 1. The highest BCUT2D eigenvalue weighted by Gasteiger charge is 2.29. The van der Waals surface area contributed by atoms with Crippen molar-refractivity contribution < 1.29 is 4.74 Å². The zero-order valence-corrected chi connectivity index (χ0v) is 15.8. The Morgan fingerprint density at radius 3 is 3.04 bits per heavy atom. The Kier molecular flexibility index (Phi) is 5.40. The third kappa shape index (κ3) is 4.27. The smallest absolute Gasteiger partial charge is 0.191 e. The number of nitrogens with one attached hydrogen (secondary N) is 2. The molecule has 3 heterocycles. The second kappa shape index (κ2) is 7.53. The topological polar surface area (TPSA) is 63.0 Å². The van der Waals surface area contributed by atoms with Crippen LogP contribution >= 0.6 is 15.9 Å². The second-order valence-corrected chi connectivity index (χ2v) is 7.21. The van der Waals surface area contributed by atoms with Gasteiger partial charge in [-0.1, -0.05) is 0 Å². The van der Waals surface area contributed by atoms with E-state index in [2.05, 4.69) is 50.4 Å². The van der Waals surface area contributed by atoms with E-state index in [-0.39, 0.29) is 5.60 Å². The average Bonchev–Trinajstić information content (AvgIpc) is 3.16. The van der Waals surface area contributed by atoms with Gasteiger partial charge >= 0.3 is 0 Å². The number of halogens is 1. The number of imidazole rings is 1. The van der Waals surface area contributed by atoms with Gasteiger partial charge in [-0.2, -0.15) is 0 Å². The number of hydrogen-bond donors (Lipinski definition) is 2. The maximum atomic E-state index is 5.82. The maximum Gasteiger partial charge on any atom is 0.191 e. The van der Waals surface area contributed by atoms with E-state index in [0.29, 0.717) is 6.54 Å². The van der Waals surface area contributed by atoms with E-state index in [1.165, 1.54) is 0 Å². The summed E-state index contributed by atoms with van der Waals surface area (Å²) >= 11 is 3.47.